The van der Waals surface area contributed by atoms with Crippen molar-refractivity contribution in [2.75, 3.05) is 26.2 Å². The number of benzene rings is 1. The monoisotopic (exact) mass is 352 g/mol. The van der Waals surface area contributed by atoms with E-state index in [4.69, 9.17) is 11.6 Å². The molecule has 1 saturated heterocycles. The Morgan fingerprint density at radius 2 is 2.06 bits per heavy atom. The van der Waals surface area contributed by atoms with E-state index in [0.717, 1.165) is 13.0 Å². The summed E-state index contributed by atoms with van der Waals surface area (Å²) in [5.74, 6) is 0. The van der Waals surface area contributed by atoms with Gasteiger partial charge in [0, 0.05) is 29.1 Å². The highest BCUT2D eigenvalue weighted by Gasteiger charge is 2.26. The smallest absolute Gasteiger partial charge is 0.244 e. The van der Waals surface area contributed by atoms with Crippen LogP contribution < -0.4 is 5.32 Å². The minimum absolute atomic E-state index is 0.272. The third-order valence-electron chi connectivity index (χ3n) is 2.81. The summed E-state index contributed by atoms with van der Waals surface area (Å²) < 4.78 is 27.0. The summed E-state index contributed by atoms with van der Waals surface area (Å²) >= 11 is 9.09. The van der Waals surface area contributed by atoms with Gasteiger partial charge in [-0.3, -0.25) is 0 Å². The Bertz CT molecular complexity index is 528. The average Bonchev–Trinajstić information content (AvgIpc) is 2.57. The molecule has 7 heteroatoms. The maximum Gasteiger partial charge on any atom is 0.244 e. The molecule has 1 aromatic rings. The summed E-state index contributed by atoms with van der Waals surface area (Å²) in [6.07, 6.45) is 0.824. The van der Waals surface area contributed by atoms with Crippen LogP contribution in [0.1, 0.15) is 6.42 Å². The summed E-state index contributed by atoms with van der Waals surface area (Å²) in [6.45, 7) is 2.58. The highest BCUT2D eigenvalue weighted by atomic mass is 79.9. The summed E-state index contributed by atoms with van der Waals surface area (Å²) in [5.41, 5.74) is 0. The molecule has 2 rings (SSSR count). The lowest BCUT2D eigenvalue weighted by atomic mass is 10.4. The van der Waals surface area contributed by atoms with Crippen molar-refractivity contribution >= 4 is 37.6 Å². The molecule has 0 aromatic heterocycles. The second kappa shape index (κ2) is 5.88. The van der Waals surface area contributed by atoms with E-state index in [1.165, 1.54) is 4.31 Å². The van der Waals surface area contributed by atoms with Crippen molar-refractivity contribution in [3.8, 4) is 0 Å². The molecule has 1 fully saturated rings. The zero-order valence-electron chi connectivity index (χ0n) is 9.70. The molecule has 4 nitrogen and oxygen atoms in total. The first kappa shape index (κ1) is 14.3. The minimum Gasteiger partial charge on any atom is -0.315 e. The average molecular weight is 354 g/mol. The molecule has 1 heterocycles. The summed E-state index contributed by atoms with van der Waals surface area (Å²) in [6, 6.07) is 4.74. The van der Waals surface area contributed by atoms with Crippen LogP contribution in [0, 0.1) is 0 Å². The molecule has 0 unspecified atom stereocenters. The maximum absolute atomic E-state index is 12.5. The first-order chi connectivity index (χ1) is 8.51. The number of hydrogen-bond donors (Lipinski definition) is 1. The number of hydrogen-bond acceptors (Lipinski definition) is 3. The van der Waals surface area contributed by atoms with Gasteiger partial charge in [0.2, 0.25) is 10.0 Å². The first-order valence-electron chi connectivity index (χ1n) is 5.68. The van der Waals surface area contributed by atoms with Gasteiger partial charge in [0.25, 0.3) is 0 Å². The molecule has 1 aliphatic heterocycles. The van der Waals surface area contributed by atoms with Gasteiger partial charge < -0.3 is 5.32 Å². The summed E-state index contributed by atoms with van der Waals surface area (Å²) in [4.78, 5) is 0.272. The van der Waals surface area contributed by atoms with Gasteiger partial charge in [0.05, 0.1) is 4.90 Å². The number of halogens is 2. The van der Waals surface area contributed by atoms with Crippen LogP contribution in [0.2, 0.25) is 5.02 Å². The molecular weight excluding hydrogens is 340 g/mol. The maximum atomic E-state index is 12.5. The lowest BCUT2D eigenvalue weighted by molar-refractivity contribution is 0.431. The fourth-order valence-corrected chi connectivity index (χ4v) is 4.71. The Labute approximate surface area is 120 Å². The van der Waals surface area contributed by atoms with Gasteiger partial charge in [0.1, 0.15) is 0 Å². The van der Waals surface area contributed by atoms with Gasteiger partial charge in [0.15, 0.2) is 0 Å². The topological polar surface area (TPSA) is 49.4 Å². The summed E-state index contributed by atoms with van der Waals surface area (Å²) in [5, 5.41) is 3.70. The Hall–Kier alpha value is -0.140. The van der Waals surface area contributed by atoms with Crippen molar-refractivity contribution in [2.24, 2.45) is 0 Å². The molecule has 18 heavy (non-hydrogen) atoms. The van der Waals surface area contributed by atoms with Crippen LogP contribution in [-0.4, -0.2) is 38.9 Å². The van der Waals surface area contributed by atoms with E-state index in [2.05, 4.69) is 21.2 Å². The molecule has 0 amide bonds. The Morgan fingerprint density at radius 1 is 1.28 bits per heavy atom. The van der Waals surface area contributed by atoms with E-state index in [1.54, 1.807) is 18.2 Å². The first-order valence-corrected chi connectivity index (χ1v) is 8.29. The van der Waals surface area contributed by atoms with Crippen LogP contribution >= 0.6 is 27.5 Å². The van der Waals surface area contributed by atoms with E-state index in [1.807, 2.05) is 0 Å². The van der Waals surface area contributed by atoms with Gasteiger partial charge in [-0.1, -0.05) is 11.6 Å². The summed E-state index contributed by atoms with van der Waals surface area (Å²) in [7, 11) is -3.44. The molecule has 1 aliphatic rings. The van der Waals surface area contributed by atoms with Crippen molar-refractivity contribution in [1.82, 2.24) is 9.62 Å². The van der Waals surface area contributed by atoms with Crippen LogP contribution in [0.3, 0.4) is 0 Å². The van der Waals surface area contributed by atoms with Crippen molar-refractivity contribution in [1.29, 1.82) is 0 Å². The van der Waals surface area contributed by atoms with Gasteiger partial charge in [-0.2, -0.15) is 4.31 Å². The standard InChI is InChI=1S/C11H14BrClN2O2S/c12-10-8-9(13)2-3-11(10)18(16,17)15-6-1-4-14-5-7-15/h2-3,8,14H,1,4-7H2. The Balaban J connectivity index is 2.34. The normalized spacial score (nSPS) is 18.6. The second-order valence-corrected chi connectivity index (χ2v) is 7.28. The number of sulfonamides is 1. The van der Waals surface area contributed by atoms with Crippen molar-refractivity contribution in [2.45, 2.75) is 11.3 Å². The fraction of sp³-hybridized carbons (Fsp3) is 0.455. The number of nitrogens with one attached hydrogen (secondary N) is 1. The predicted octanol–water partition coefficient (Wildman–Crippen LogP) is 2.09. The van der Waals surface area contributed by atoms with Crippen LogP contribution in [0.25, 0.3) is 0 Å². The number of nitrogens with zero attached hydrogens (tertiary/aromatic N) is 1. The Morgan fingerprint density at radius 3 is 2.78 bits per heavy atom. The third kappa shape index (κ3) is 3.05. The van der Waals surface area contributed by atoms with E-state index in [0.29, 0.717) is 29.1 Å². The predicted molar refractivity (Wildman–Crippen MR) is 75.4 cm³/mol. The Kier molecular flexibility index (Phi) is 4.66. The van der Waals surface area contributed by atoms with E-state index in [9.17, 15) is 8.42 Å². The molecule has 100 valence electrons. The van der Waals surface area contributed by atoms with E-state index < -0.39 is 10.0 Å². The van der Waals surface area contributed by atoms with Gasteiger partial charge >= 0.3 is 0 Å². The van der Waals surface area contributed by atoms with Crippen molar-refractivity contribution < 1.29 is 8.42 Å². The van der Waals surface area contributed by atoms with Crippen LogP contribution in [-0.2, 0) is 10.0 Å². The van der Waals surface area contributed by atoms with Gasteiger partial charge in [-0.05, 0) is 47.1 Å². The van der Waals surface area contributed by atoms with Crippen LogP contribution in [0.4, 0.5) is 0 Å². The second-order valence-electron chi connectivity index (χ2n) is 4.08. The van der Waals surface area contributed by atoms with Crippen LogP contribution in [0.5, 0.6) is 0 Å². The molecule has 0 saturated carbocycles. The van der Waals surface area contributed by atoms with Gasteiger partial charge in [-0.25, -0.2) is 8.42 Å². The van der Waals surface area contributed by atoms with Crippen LogP contribution in [0.15, 0.2) is 27.6 Å². The molecule has 0 aliphatic carbocycles. The zero-order chi connectivity index (χ0) is 13.2. The van der Waals surface area contributed by atoms with E-state index in [-0.39, 0.29) is 4.90 Å². The lowest BCUT2D eigenvalue weighted by Gasteiger charge is -2.20. The zero-order valence-corrected chi connectivity index (χ0v) is 12.9. The quantitative estimate of drug-likeness (QED) is 0.885. The molecule has 0 radical (unpaired) electrons. The molecule has 1 N–H and O–H groups in total. The third-order valence-corrected chi connectivity index (χ3v) is 5.92. The highest BCUT2D eigenvalue weighted by Crippen LogP contribution is 2.28. The number of rotatable bonds is 2. The largest absolute Gasteiger partial charge is 0.315 e. The van der Waals surface area contributed by atoms with E-state index >= 15 is 0 Å². The van der Waals surface area contributed by atoms with Crippen molar-refractivity contribution in [3.05, 3.63) is 27.7 Å². The molecule has 0 spiro atoms. The molecule has 0 bridgehead atoms. The molecule has 1 aromatic carbocycles. The highest BCUT2D eigenvalue weighted by molar-refractivity contribution is 9.10. The molecule has 0 atom stereocenters. The SMILES string of the molecule is O=S(=O)(c1ccc(Cl)cc1Br)N1CCCNCC1. The van der Waals surface area contributed by atoms with Crippen molar-refractivity contribution in [3.63, 3.8) is 0 Å². The lowest BCUT2D eigenvalue weighted by Crippen LogP contribution is -2.34. The molecular formula is C11H14BrClN2O2S. The minimum atomic E-state index is -3.44. The van der Waals surface area contributed by atoms with Gasteiger partial charge in [-0.15, -0.1) is 0 Å². The fourth-order valence-electron chi connectivity index (χ4n) is 1.88.